The van der Waals surface area contributed by atoms with E-state index in [0.29, 0.717) is 5.56 Å². The van der Waals surface area contributed by atoms with Gasteiger partial charge in [0, 0.05) is 19.7 Å². The first-order valence-electron chi connectivity index (χ1n) is 7.41. The molecule has 0 spiro atoms. The summed E-state index contributed by atoms with van der Waals surface area (Å²) in [6, 6.07) is 5.23. The zero-order valence-corrected chi connectivity index (χ0v) is 12.1. The van der Waals surface area contributed by atoms with Crippen molar-refractivity contribution in [1.82, 2.24) is 4.90 Å². The van der Waals surface area contributed by atoms with E-state index in [1.165, 1.54) is 6.07 Å². The predicted octanol–water partition coefficient (Wildman–Crippen LogP) is 2.67. The molecule has 0 amide bonds. The van der Waals surface area contributed by atoms with Crippen LogP contribution in [0.3, 0.4) is 0 Å². The highest BCUT2D eigenvalue weighted by Crippen LogP contribution is 2.24. The van der Waals surface area contributed by atoms with E-state index in [-0.39, 0.29) is 18.5 Å². The second kappa shape index (κ2) is 7.72. The fourth-order valence-electron chi connectivity index (χ4n) is 2.60. The van der Waals surface area contributed by atoms with Gasteiger partial charge in [0.2, 0.25) is 0 Å². The summed E-state index contributed by atoms with van der Waals surface area (Å²) in [5.74, 6) is -0.162. The summed E-state index contributed by atoms with van der Waals surface area (Å²) in [4.78, 5) is 2.39. The van der Waals surface area contributed by atoms with Gasteiger partial charge >= 0.3 is 0 Å². The van der Waals surface area contributed by atoms with E-state index in [2.05, 4.69) is 4.90 Å². The molecule has 1 saturated heterocycles. The number of nitrogens with zero attached hydrogens (tertiary/aromatic N) is 1. The third kappa shape index (κ3) is 4.27. The Hall–Kier alpha value is -0.970. The number of aliphatic hydroxyl groups is 1. The van der Waals surface area contributed by atoms with Crippen molar-refractivity contribution < 1.29 is 14.2 Å². The molecule has 1 heterocycles. The van der Waals surface area contributed by atoms with Crippen molar-refractivity contribution in [2.75, 3.05) is 32.8 Å². The number of halogens is 1. The van der Waals surface area contributed by atoms with E-state index in [4.69, 9.17) is 9.84 Å². The molecule has 0 radical (unpaired) electrons. The van der Waals surface area contributed by atoms with Crippen LogP contribution in [0.15, 0.2) is 18.2 Å². The largest absolute Gasteiger partial charge is 0.396 e. The van der Waals surface area contributed by atoms with Crippen LogP contribution in [0.5, 0.6) is 0 Å². The van der Waals surface area contributed by atoms with Gasteiger partial charge in [-0.05, 0) is 49.9 Å². The van der Waals surface area contributed by atoms with Gasteiger partial charge < -0.3 is 9.84 Å². The van der Waals surface area contributed by atoms with Gasteiger partial charge in [0.1, 0.15) is 5.82 Å². The van der Waals surface area contributed by atoms with Gasteiger partial charge in [-0.3, -0.25) is 4.90 Å². The summed E-state index contributed by atoms with van der Waals surface area (Å²) in [5.41, 5.74) is 1.73. The van der Waals surface area contributed by atoms with Gasteiger partial charge in [0.15, 0.2) is 0 Å². The lowest BCUT2D eigenvalue weighted by molar-refractivity contribution is -0.0304. The maximum Gasteiger partial charge on any atom is 0.126 e. The molecule has 2 rings (SSSR count). The second-order valence-corrected chi connectivity index (χ2v) is 5.45. The Kier molecular flexibility index (Phi) is 5.95. The summed E-state index contributed by atoms with van der Waals surface area (Å²) in [6.45, 7) is 5.65. The van der Waals surface area contributed by atoms with Crippen molar-refractivity contribution >= 4 is 0 Å². The number of hydrogen-bond acceptors (Lipinski definition) is 3. The van der Waals surface area contributed by atoms with Gasteiger partial charge in [-0.15, -0.1) is 0 Å². The standard InChI is InChI=1S/C16H24FNO2/c1-13-11-14(5-6-15(13)17)16-12-18(8-10-20-16)7-3-2-4-9-19/h5-6,11,16,19H,2-4,7-10,12H2,1H3. The number of hydrogen-bond donors (Lipinski definition) is 1. The lowest BCUT2D eigenvalue weighted by Gasteiger charge is -2.33. The summed E-state index contributed by atoms with van der Waals surface area (Å²) >= 11 is 0. The molecular weight excluding hydrogens is 257 g/mol. The number of morpholine rings is 1. The normalized spacial score (nSPS) is 20.2. The maximum absolute atomic E-state index is 13.3. The van der Waals surface area contributed by atoms with Gasteiger partial charge in [-0.1, -0.05) is 12.1 Å². The van der Waals surface area contributed by atoms with E-state index >= 15 is 0 Å². The average molecular weight is 281 g/mol. The molecule has 1 unspecified atom stereocenters. The smallest absolute Gasteiger partial charge is 0.126 e. The van der Waals surface area contributed by atoms with Crippen molar-refractivity contribution in [3.05, 3.63) is 35.1 Å². The van der Waals surface area contributed by atoms with E-state index < -0.39 is 0 Å². The SMILES string of the molecule is Cc1cc(C2CN(CCCCCO)CCO2)ccc1F. The molecule has 4 heteroatoms. The van der Waals surface area contributed by atoms with E-state index in [9.17, 15) is 4.39 Å². The van der Waals surface area contributed by atoms with Crippen LogP contribution in [0.4, 0.5) is 4.39 Å². The highest BCUT2D eigenvalue weighted by molar-refractivity contribution is 5.26. The molecule has 1 N–H and O–H groups in total. The average Bonchev–Trinajstić information content (AvgIpc) is 2.47. The number of aryl methyl sites for hydroxylation is 1. The van der Waals surface area contributed by atoms with Crippen molar-refractivity contribution in [1.29, 1.82) is 0 Å². The predicted molar refractivity (Wildman–Crippen MR) is 77.2 cm³/mol. The Morgan fingerprint density at radius 1 is 1.35 bits per heavy atom. The Morgan fingerprint density at radius 3 is 2.95 bits per heavy atom. The van der Waals surface area contributed by atoms with Gasteiger partial charge in [0.05, 0.1) is 12.7 Å². The Morgan fingerprint density at radius 2 is 2.20 bits per heavy atom. The number of rotatable bonds is 6. The van der Waals surface area contributed by atoms with Gasteiger partial charge in [0.25, 0.3) is 0 Å². The highest BCUT2D eigenvalue weighted by atomic mass is 19.1. The highest BCUT2D eigenvalue weighted by Gasteiger charge is 2.21. The van der Waals surface area contributed by atoms with Crippen LogP contribution >= 0.6 is 0 Å². The Labute approximate surface area is 120 Å². The molecule has 112 valence electrons. The van der Waals surface area contributed by atoms with Crippen molar-refractivity contribution in [2.24, 2.45) is 0 Å². The first kappa shape index (κ1) is 15.4. The van der Waals surface area contributed by atoms with Crippen molar-refractivity contribution in [3.63, 3.8) is 0 Å². The summed E-state index contributed by atoms with van der Waals surface area (Å²) < 4.78 is 19.1. The fraction of sp³-hybridized carbons (Fsp3) is 0.625. The van der Waals surface area contributed by atoms with Gasteiger partial charge in [-0.2, -0.15) is 0 Å². The molecule has 0 aromatic heterocycles. The molecule has 1 atom stereocenters. The zero-order valence-electron chi connectivity index (χ0n) is 12.1. The summed E-state index contributed by atoms with van der Waals surface area (Å²) in [6.07, 6.45) is 3.09. The molecule has 1 aliphatic heterocycles. The lowest BCUT2D eigenvalue weighted by atomic mass is 10.0. The Bertz CT molecular complexity index is 425. The number of benzene rings is 1. The molecule has 1 aromatic rings. The molecule has 0 bridgehead atoms. The van der Waals surface area contributed by atoms with E-state index in [1.54, 1.807) is 6.92 Å². The minimum atomic E-state index is -0.162. The van der Waals surface area contributed by atoms with Crippen molar-refractivity contribution in [3.8, 4) is 0 Å². The summed E-state index contributed by atoms with van der Waals surface area (Å²) in [5, 5.41) is 8.78. The van der Waals surface area contributed by atoms with Crippen LogP contribution in [0.1, 0.15) is 36.5 Å². The lowest BCUT2D eigenvalue weighted by Crippen LogP contribution is -2.38. The van der Waals surface area contributed by atoms with Crippen LogP contribution in [0.2, 0.25) is 0 Å². The molecule has 1 aromatic carbocycles. The molecule has 0 saturated carbocycles. The first-order valence-corrected chi connectivity index (χ1v) is 7.41. The van der Waals surface area contributed by atoms with Crippen molar-refractivity contribution in [2.45, 2.75) is 32.3 Å². The van der Waals surface area contributed by atoms with E-state index in [1.807, 2.05) is 12.1 Å². The topological polar surface area (TPSA) is 32.7 Å². The molecule has 3 nitrogen and oxygen atoms in total. The number of ether oxygens (including phenoxy) is 1. The fourth-order valence-corrected chi connectivity index (χ4v) is 2.60. The molecule has 1 aliphatic rings. The third-order valence-electron chi connectivity index (χ3n) is 3.84. The van der Waals surface area contributed by atoms with Crippen LogP contribution in [-0.4, -0.2) is 42.9 Å². The molecular formula is C16H24FNO2. The summed E-state index contributed by atoms with van der Waals surface area (Å²) in [7, 11) is 0. The minimum absolute atomic E-state index is 0.0425. The number of unbranched alkanes of at least 4 members (excludes halogenated alkanes) is 2. The zero-order chi connectivity index (χ0) is 14.4. The first-order chi connectivity index (χ1) is 9.70. The quantitative estimate of drug-likeness (QED) is 0.814. The van der Waals surface area contributed by atoms with Crippen LogP contribution < -0.4 is 0 Å². The number of aliphatic hydroxyl groups excluding tert-OH is 1. The third-order valence-corrected chi connectivity index (χ3v) is 3.84. The molecule has 20 heavy (non-hydrogen) atoms. The second-order valence-electron chi connectivity index (χ2n) is 5.45. The van der Waals surface area contributed by atoms with Crippen LogP contribution in [0.25, 0.3) is 0 Å². The van der Waals surface area contributed by atoms with E-state index in [0.717, 1.165) is 51.1 Å². The Balaban J connectivity index is 1.87. The molecule has 1 fully saturated rings. The maximum atomic E-state index is 13.3. The van der Waals surface area contributed by atoms with Gasteiger partial charge in [-0.25, -0.2) is 4.39 Å². The minimum Gasteiger partial charge on any atom is -0.396 e. The van der Waals surface area contributed by atoms with Crippen LogP contribution in [0, 0.1) is 12.7 Å². The monoisotopic (exact) mass is 281 g/mol. The molecule has 0 aliphatic carbocycles. The van der Waals surface area contributed by atoms with Crippen LogP contribution in [-0.2, 0) is 4.74 Å².